The molecule has 9 nitrogen and oxygen atoms in total. The van der Waals surface area contributed by atoms with E-state index in [0.717, 1.165) is 93.9 Å². The van der Waals surface area contributed by atoms with Gasteiger partial charge in [-0.15, -0.1) is 0 Å². The quantitative estimate of drug-likeness (QED) is 0.429. The largest absolute Gasteiger partial charge is 0.382 e. The Morgan fingerprint density at radius 3 is 2.53 bits per heavy atom. The Balaban J connectivity index is 1.18. The minimum absolute atomic E-state index is 0.0186. The van der Waals surface area contributed by atoms with Gasteiger partial charge in [-0.05, 0) is 74.5 Å². The number of halogens is 1. The fourth-order valence-corrected chi connectivity index (χ4v) is 7.65. The highest BCUT2D eigenvalue weighted by molar-refractivity contribution is 6.01. The third kappa shape index (κ3) is 6.09. The zero-order valence-electron chi connectivity index (χ0n) is 25.4. The van der Waals surface area contributed by atoms with Crippen LogP contribution in [0.2, 0.25) is 0 Å². The van der Waals surface area contributed by atoms with Gasteiger partial charge in [-0.1, -0.05) is 13.8 Å². The number of morpholine rings is 1. The highest BCUT2D eigenvalue weighted by Crippen LogP contribution is 2.43. The standard InChI is InChI=1S/C33H44FN5O4/c1-33(2)18-27-29(28(40)19-33)23-4-3-5-26(23)39(27)22-16-24(34)30(31(35)41)25(17-22)37-21-8-6-20(7-9-21)32(42)36-10-11-38-12-14-43-15-13-38/h16-17,20-21,37H,3-15,18-19H2,1-2H3,(H2,35,41)(H,36,42)/t20-,21-. The van der Waals surface area contributed by atoms with Gasteiger partial charge in [0.1, 0.15) is 5.82 Å². The van der Waals surface area contributed by atoms with E-state index in [4.69, 9.17) is 10.5 Å². The number of fused-ring (bicyclic) bond motifs is 3. The second-order valence-electron chi connectivity index (χ2n) is 13.5. The van der Waals surface area contributed by atoms with E-state index in [0.29, 0.717) is 37.2 Å². The number of nitrogens with zero attached hydrogens (tertiary/aromatic N) is 2. The fourth-order valence-electron chi connectivity index (χ4n) is 7.65. The molecule has 0 atom stereocenters. The minimum Gasteiger partial charge on any atom is -0.382 e. The molecule has 232 valence electrons. The summed E-state index contributed by atoms with van der Waals surface area (Å²) in [5.41, 5.74) is 10.3. The van der Waals surface area contributed by atoms with Gasteiger partial charge in [0, 0.05) is 61.5 Å². The first kappa shape index (κ1) is 29.8. The molecule has 4 aliphatic rings. The van der Waals surface area contributed by atoms with Crippen LogP contribution in [0.5, 0.6) is 0 Å². The first-order valence-corrected chi connectivity index (χ1v) is 15.9. The molecule has 0 radical (unpaired) electrons. The van der Waals surface area contributed by atoms with Crippen molar-refractivity contribution in [3.8, 4) is 5.69 Å². The van der Waals surface area contributed by atoms with Gasteiger partial charge in [-0.2, -0.15) is 0 Å². The first-order valence-electron chi connectivity index (χ1n) is 15.9. The predicted octanol–water partition coefficient (Wildman–Crippen LogP) is 3.78. The number of nitrogens with two attached hydrogens (primary N) is 1. The number of carbonyl (C=O) groups excluding carboxylic acids is 3. The molecule has 2 fully saturated rings. The van der Waals surface area contributed by atoms with E-state index in [9.17, 15) is 14.4 Å². The molecule has 4 N–H and O–H groups in total. The fraction of sp³-hybridized carbons (Fsp3) is 0.606. The molecule has 1 saturated carbocycles. The molecule has 6 rings (SSSR count). The lowest BCUT2D eigenvalue weighted by Gasteiger charge is -2.31. The third-order valence-electron chi connectivity index (χ3n) is 9.75. The molecule has 0 spiro atoms. The van der Waals surface area contributed by atoms with Crippen molar-refractivity contribution < 1.29 is 23.5 Å². The van der Waals surface area contributed by atoms with Crippen molar-refractivity contribution in [2.45, 2.75) is 77.7 Å². The Morgan fingerprint density at radius 1 is 1.07 bits per heavy atom. The normalized spacial score (nSPS) is 23.5. The average Bonchev–Trinajstić information content (AvgIpc) is 3.53. The highest BCUT2D eigenvalue weighted by atomic mass is 19.1. The molecule has 1 saturated heterocycles. The van der Waals surface area contributed by atoms with Crippen LogP contribution in [0.3, 0.4) is 0 Å². The maximum absolute atomic E-state index is 15.7. The van der Waals surface area contributed by atoms with Crippen LogP contribution in [-0.4, -0.2) is 72.5 Å². The summed E-state index contributed by atoms with van der Waals surface area (Å²) in [6.07, 6.45) is 6.76. The smallest absolute Gasteiger partial charge is 0.253 e. The number of Topliss-reactive ketones (excluding diaryl/α,β-unsaturated/α-hetero) is 1. The number of carbonyl (C=O) groups is 3. The first-order chi connectivity index (χ1) is 20.6. The van der Waals surface area contributed by atoms with Crippen LogP contribution in [0.15, 0.2) is 12.1 Å². The van der Waals surface area contributed by atoms with E-state index < -0.39 is 11.7 Å². The number of hydrogen-bond acceptors (Lipinski definition) is 6. The Kier molecular flexibility index (Phi) is 8.35. The van der Waals surface area contributed by atoms with Gasteiger partial charge in [0.2, 0.25) is 5.91 Å². The Morgan fingerprint density at radius 2 is 1.81 bits per heavy atom. The van der Waals surface area contributed by atoms with Crippen LogP contribution in [0, 0.1) is 17.2 Å². The Labute approximate surface area is 252 Å². The number of anilines is 1. The number of rotatable bonds is 8. The zero-order valence-corrected chi connectivity index (χ0v) is 25.4. The molecule has 43 heavy (non-hydrogen) atoms. The summed E-state index contributed by atoms with van der Waals surface area (Å²) in [6, 6.07) is 3.18. The topological polar surface area (TPSA) is 119 Å². The maximum Gasteiger partial charge on any atom is 0.253 e. The van der Waals surface area contributed by atoms with Crippen molar-refractivity contribution >= 4 is 23.3 Å². The molecule has 2 heterocycles. The van der Waals surface area contributed by atoms with Crippen LogP contribution < -0.4 is 16.4 Å². The second kappa shape index (κ2) is 12.0. The van der Waals surface area contributed by atoms with Gasteiger partial charge in [0.15, 0.2) is 5.78 Å². The monoisotopic (exact) mass is 593 g/mol. The maximum atomic E-state index is 15.7. The number of aromatic nitrogens is 1. The number of primary amides is 1. The number of hydrogen-bond donors (Lipinski definition) is 3. The van der Waals surface area contributed by atoms with Gasteiger partial charge in [0.25, 0.3) is 5.91 Å². The van der Waals surface area contributed by atoms with E-state index in [1.165, 1.54) is 6.07 Å². The van der Waals surface area contributed by atoms with E-state index in [2.05, 4.69) is 33.9 Å². The molecule has 1 aromatic carbocycles. The number of ether oxygens (including phenoxy) is 1. The molecule has 1 aromatic heterocycles. The molecule has 10 heteroatoms. The molecule has 0 bridgehead atoms. The van der Waals surface area contributed by atoms with Gasteiger partial charge >= 0.3 is 0 Å². The van der Waals surface area contributed by atoms with Crippen molar-refractivity contribution in [1.29, 1.82) is 0 Å². The molecular formula is C33H44FN5O4. The van der Waals surface area contributed by atoms with Crippen LogP contribution in [-0.2, 0) is 28.8 Å². The lowest BCUT2D eigenvalue weighted by molar-refractivity contribution is -0.126. The lowest BCUT2D eigenvalue weighted by atomic mass is 9.75. The summed E-state index contributed by atoms with van der Waals surface area (Å²) in [4.78, 5) is 40.8. The number of nitrogens with one attached hydrogen (secondary N) is 2. The van der Waals surface area contributed by atoms with Crippen LogP contribution in [0.1, 0.15) is 90.0 Å². The van der Waals surface area contributed by atoms with E-state index in [1.807, 2.05) is 6.07 Å². The van der Waals surface area contributed by atoms with E-state index in [-0.39, 0.29) is 34.6 Å². The van der Waals surface area contributed by atoms with Crippen molar-refractivity contribution in [1.82, 2.24) is 14.8 Å². The van der Waals surface area contributed by atoms with Crippen molar-refractivity contribution in [3.05, 3.63) is 46.0 Å². The van der Waals surface area contributed by atoms with Gasteiger partial charge < -0.3 is 25.7 Å². The van der Waals surface area contributed by atoms with Gasteiger partial charge in [-0.25, -0.2) is 4.39 Å². The molecule has 2 amide bonds. The Bertz CT molecular complexity index is 1420. The molecule has 1 aliphatic heterocycles. The summed E-state index contributed by atoms with van der Waals surface area (Å²) >= 11 is 0. The van der Waals surface area contributed by atoms with Crippen LogP contribution in [0.4, 0.5) is 10.1 Å². The summed E-state index contributed by atoms with van der Waals surface area (Å²) in [7, 11) is 0. The minimum atomic E-state index is -0.823. The lowest BCUT2D eigenvalue weighted by Crippen LogP contribution is -2.43. The van der Waals surface area contributed by atoms with Crippen molar-refractivity contribution in [2.75, 3.05) is 44.7 Å². The molecule has 3 aliphatic carbocycles. The summed E-state index contributed by atoms with van der Waals surface area (Å²) in [5.74, 6) is -1.30. The molecule has 2 aromatic rings. The zero-order chi connectivity index (χ0) is 30.3. The van der Waals surface area contributed by atoms with Crippen molar-refractivity contribution in [2.24, 2.45) is 17.1 Å². The van der Waals surface area contributed by atoms with E-state index in [1.54, 1.807) is 0 Å². The Hall–Kier alpha value is -3.24. The molecular weight excluding hydrogens is 549 g/mol. The van der Waals surface area contributed by atoms with Crippen LogP contribution >= 0.6 is 0 Å². The number of benzene rings is 1. The molecule has 0 unspecified atom stereocenters. The number of amides is 2. The summed E-state index contributed by atoms with van der Waals surface area (Å²) in [5, 5.41) is 6.51. The van der Waals surface area contributed by atoms with Gasteiger partial charge in [0.05, 0.1) is 30.2 Å². The third-order valence-corrected chi connectivity index (χ3v) is 9.75. The SMILES string of the molecule is CC1(C)CC(=O)c2c3c(n(-c4cc(F)c(C(N)=O)c(N[C@H]5CC[C@H](C(=O)NCCN6CCOCC6)CC5)c4)c2C1)CCC3. The summed E-state index contributed by atoms with van der Waals surface area (Å²) in [6.45, 7) is 8.91. The second-order valence-corrected chi connectivity index (χ2v) is 13.5. The van der Waals surface area contributed by atoms with E-state index >= 15 is 4.39 Å². The van der Waals surface area contributed by atoms with Gasteiger partial charge in [-0.3, -0.25) is 19.3 Å². The van der Waals surface area contributed by atoms with Crippen molar-refractivity contribution in [3.63, 3.8) is 0 Å². The predicted molar refractivity (Wildman–Crippen MR) is 162 cm³/mol. The number of ketones is 1. The summed E-state index contributed by atoms with van der Waals surface area (Å²) < 4.78 is 23.1. The van der Waals surface area contributed by atoms with Crippen LogP contribution in [0.25, 0.3) is 5.69 Å². The average molecular weight is 594 g/mol. The highest BCUT2D eigenvalue weighted by Gasteiger charge is 2.39.